The molecule has 3 heterocycles. The first-order valence-corrected chi connectivity index (χ1v) is 33.9. The fourth-order valence-electron chi connectivity index (χ4n) is 13.2. The summed E-state index contributed by atoms with van der Waals surface area (Å²) in [7, 11) is 2.51. The van der Waals surface area contributed by atoms with E-state index in [9.17, 15) is 90.0 Å². The van der Waals surface area contributed by atoms with E-state index in [0.29, 0.717) is 76.4 Å². The number of amides is 3. The van der Waals surface area contributed by atoms with Crippen LogP contribution in [0.2, 0.25) is 0 Å². The van der Waals surface area contributed by atoms with Crippen molar-refractivity contribution in [2.45, 2.75) is 246 Å². The van der Waals surface area contributed by atoms with Crippen LogP contribution in [0.5, 0.6) is 17.2 Å². The molecular formula is C66H95N7O28. The lowest BCUT2D eigenvalue weighted by molar-refractivity contribution is -0.372. The van der Waals surface area contributed by atoms with Crippen LogP contribution in [0, 0.1) is 0 Å². The molecule has 101 heavy (non-hydrogen) atoms. The number of ether oxygens (including phenoxy) is 9. The molecule has 2 aromatic carbocycles. The van der Waals surface area contributed by atoms with Crippen LogP contribution in [0.1, 0.15) is 171 Å². The van der Waals surface area contributed by atoms with E-state index in [1.807, 2.05) is 6.92 Å². The first-order valence-electron chi connectivity index (χ1n) is 33.9. The molecule has 562 valence electrons. The Labute approximate surface area is 580 Å². The minimum Gasteiger partial charge on any atom is -0.507 e. The van der Waals surface area contributed by atoms with Gasteiger partial charge in [0.15, 0.2) is 24.7 Å². The normalized spacial score (nSPS) is 29.1. The number of carbonyl (C=O) groups is 6. The number of ketones is 2. The first-order chi connectivity index (χ1) is 48.3. The molecule has 1 aromatic heterocycles. The summed E-state index contributed by atoms with van der Waals surface area (Å²) in [6.07, 6.45) is -21.3. The van der Waals surface area contributed by atoms with Gasteiger partial charge in [-0.25, -0.2) is 5.43 Å². The molecule has 35 heteroatoms. The number of nitrogens with one attached hydrogen (secondary N) is 2. The molecule has 8 rings (SSSR count). The predicted octanol–water partition coefficient (Wildman–Crippen LogP) is -1.68. The lowest BCUT2D eigenvalue weighted by atomic mass is 9.71. The minimum atomic E-state index is -2.21. The van der Waals surface area contributed by atoms with Crippen LogP contribution < -0.4 is 21.2 Å². The molecule has 35 nitrogen and oxygen atoms in total. The molecule has 3 aliphatic carbocycles. The Morgan fingerprint density at radius 1 is 0.752 bits per heavy atom. The average Bonchev–Trinajstić information content (AvgIpc) is 0.719. The molecule has 0 bridgehead atoms. The SMILES string of the molecule is CCCC(CC(N)=O)OC1C[C@](O)(/C(CO)=N/NC(=O)CCCCCn2cc(CNC(=O)CCCCCO[C@H]3[C@H](O)[C@@H](O)[C@@H](O[C@H]4O[C@H](OC)[C@H](O)[C@@H](O)[C@@H]4OCCCCCC(=O)O)C[C@@H]3O[C@H]3O[C@H](CO)[C@@H](O)[C@H](O)[C@H]3O)nn2)Cc2c(O)c3c(c(O)c21)C(=O)c1c(OC)cccc1C3=O. The number of aryl methyl sites for hydroxylation is 1. The standard InChI is InChI=1S/C66H95N7O28/c1-4-15-33(24-42(67)76)97-39-27-66(92,26-35-47(39)55(86)49-48(51(35)82)50(81)34-16-14-17-36(93-2)46(34)54(49)85)41(31-75)70-71-44(78)19-8-5-11-21-73-29-32(69-72-73)28-68-43(77)18-9-6-12-22-95-61-38(99-64-59(90)56(87)53(84)40(30-74)100-64)25-37(52(83)57(61)88)98-65-62(58(89)60(91)63(94-3)101-65)96-23-13-7-10-20-45(79)80/h14,16-17,29,33,37-40,52-53,56-65,74-75,82-84,86-92H,4-13,15,18-28,30-31H2,1-3H3,(H2,67,76)(H,68,77)(H,71,78)(H,79,80)/b70-41+/t33?,37-,38-,39?,40+,52-,53+,56-,57+,58+,59+,60+,61+,62-,63-,64-,65-,66-/m0/s1. The molecule has 2 unspecified atom stereocenters. The third-order valence-corrected chi connectivity index (χ3v) is 18.6. The zero-order valence-electron chi connectivity index (χ0n) is 56.4. The van der Waals surface area contributed by atoms with Gasteiger partial charge in [0, 0.05) is 82.1 Å². The number of aliphatic hydroxyl groups excluding tert-OH is 9. The Bertz CT molecular complexity index is 3340. The number of methoxy groups -OCH3 is 2. The van der Waals surface area contributed by atoms with Gasteiger partial charge in [-0.2, -0.15) is 5.10 Å². The van der Waals surface area contributed by atoms with Crippen molar-refractivity contribution in [2.75, 3.05) is 40.6 Å². The maximum absolute atomic E-state index is 14.1. The topological polar surface area (TPSA) is 542 Å². The number of aromatic nitrogens is 3. The number of hydrogen-bond donors (Lipinski definition) is 16. The van der Waals surface area contributed by atoms with Crippen molar-refractivity contribution < 1.29 is 138 Å². The van der Waals surface area contributed by atoms with Gasteiger partial charge < -0.3 is 120 Å². The molecule has 3 aromatic rings. The maximum Gasteiger partial charge on any atom is 0.303 e. The second-order valence-electron chi connectivity index (χ2n) is 25.8. The van der Waals surface area contributed by atoms with Crippen molar-refractivity contribution >= 4 is 41.0 Å². The summed E-state index contributed by atoms with van der Waals surface area (Å²) in [6, 6.07) is 4.31. The molecule has 3 amide bonds. The number of nitrogens with zero attached hydrogens (tertiary/aromatic N) is 4. The highest BCUT2D eigenvalue weighted by molar-refractivity contribution is 6.31. The highest BCUT2D eigenvalue weighted by Crippen LogP contribution is 2.53. The highest BCUT2D eigenvalue weighted by atomic mass is 16.8. The lowest BCUT2D eigenvalue weighted by Gasteiger charge is -2.48. The molecule has 2 aliphatic heterocycles. The van der Waals surface area contributed by atoms with Crippen molar-refractivity contribution in [3.8, 4) is 17.2 Å². The van der Waals surface area contributed by atoms with Gasteiger partial charge in [-0.1, -0.05) is 50.0 Å². The van der Waals surface area contributed by atoms with Gasteiger partial charge in [-0.05, 0) is 51.0 Å². The molecule has 2 saturated heterocycles. The van der Waals surface area contributed by atoms with Crippen molar-refractivity contribution in [1.29, 1.82) is 0 Å². The minimum absolute atomic E-state index is 0.0195. The van der Waals surface area contributed by atoms with Gasteiger partial charge in [-0.3, -0.25) is 33.4 Å². The highest BCUT2D eigenvalue weighted by Gasteiger charge is 2.54. The summed E-state index contributed by atoms with van der Waals surface area (Å²) in [5, 5.41) is 158. The Hall–Kier alpha value is -6.85. The van der Waals surface area contributed by atoms with Gasteiger partial charge in [0.2, 0.25) is 23.5 Å². The van der Waals surface area contributed by atoms with Gasteiger partial charge in [0.25, 0.3) is 0 Å². The van der Waals surface area contributed by atoms with E-state index >= 15 is 0 Å². The summed E-state index contributed by atoms with van der Waals surface area (Å²) in [5.41, 5.74) is 4.21. The Morgan fingerprint density at radius 2 is 1.41 bits per heavy atom. The van der Waals surface area contributed by atoms with E-state index < -0.39 is 188 Å². The number of primary amides is 1. The van der Waals surface area contributed by atoms with E-state index in [-0.39, 0.29) is 97.9 Å². The largest absolute Gasteiger partial charge is 0.507 e. The number of rotatable bonds is 38. The summed E-state index contributed by atoms with van der Waals surface area (Å²) in [5.74, 6) is -5.57. The molecule has 17 N–H and O–H groups in total. The fourth-order valence-corrected chi connectivity index (χ4v) is 13.2. The number of aliphatic carboxylic acids is 1. The number of aliphatic hydroxyl groups is 10. The quantitative estimate of drug-likeness (QED) is 0.0103. The molecule has 0 radical (unpaired) electrons. The number of benzene rings is 2. The molecular weight excluding hydrogens is 1340 g/mol. The van der Waals surface area contributed by atoms with Crippen molar-refractivity contribution in [2.24, 2.45) is 10.8 Å². The monoisotopic (exact) mass is 1430 g/mol. The summed E-state index contributed by atoms with van der Waals surface area (Å²) < 4.78 is 54.1. The number of nitrogens with two attached hydrogens (primary N) is 1. The Morgan fingerprint density at radius 3 is 2.07 bits per heavy atom. The van der Waals surface area contributed by atoms with E-state index in [0.717, 1.165) is 0 Å². The third kappa shape index (κ3) is 19.5. The molecule has 0 spiro atoms. The number of aromatic hydroxyl groups is 2. The van der Waals surface area contributed by atoms with Crippen LogP contribution in [-0.2, 0) is 76.6 Å². The molecule has 3 fully saturated rings. The van der Waals surface area contributed by atoms with Crippen LogP contribution in [0.15, 0.2) is 29.5 Å². The van der Waals surface area contributed by atoms with Crippen LogP contribution >= 0.6 is 0 Å². The zero-order chi connectivity index (χ0) is 73.4. The van der Waals surface area contributed by atoms with Crippen LogP contribution in [0.3, 0.4) is 0 Å². The molecule has 1 saturated carbocycles. The Kier molecular flexibility index (Phi) is 29.3. The summed E-state index contributed by atoms with van der Waals surface area (Å²) >= 11 is 0. The second kappa shape index (κ2) is 37.0. The number of hydrogen-bond acceptors (Lipinski definition) is 30. The number of phenols is 2. The maximum atomic E-state index is 14.1. The van der Waals surface area contributed by atoms with Gasteiger partial charge >= 0.3 is 5.97 Å². The number of phenolic OH excluding ortho intramolecular Hbond substituents is 2. The van der Waals surface area contributed by atoms with E-state index in [1.165, 1.54) is 32.4 Å². The van der Waals surface area contributed by atoms with E-state index in [2.05, 4.69) is 26.2 Å². The molecule has 5 aliphatic rings. The van der Waals surface area contributed by atoms with Gasteiger partial charge in [-0.15, -0.1) is 5.10 Å². The number of carbonyl (C=O) groups excluding carboxylic acids is 5. The van der Waals surface area contributed by atoms with E-state index in [4.69, 9.17) is 53.5 Å². The number of unbranched alkanes of at least 4 members (excludes halogenated alkanes) is 6. The summed E-state index contributed by atoms with van der Waals surface area (Å²) in [6.45, 7) is 0.543. The molecule has 18 atom stereocenters. The number of hydrazone groups is 1. The average molecular weight is 1430 g/mol. The van der Waals surface area contributed by atoms with Crippen LogP contribution in [0.4, 0.5) is 0 Å². The number of fused-ring (bicyclic) bond motifs is 3. The Balaban J connectivity index is 0.789. The van der Waals surface area contributed by atoms with Crippen molar-refractivity contribution in [1.82, 2.24) is 25.7 Å². The number of carboxylic acid groups (broad SMARTS) is 1. The smallest absolute Gasteiger partial charge is 0.303 e. The third-order valence-electron chi connectivity index (χ3n) is 18.6. The fraction of sp³-hybridized carbons (Fsp3) is 0.682. The van der Waals surface area contributed by atoms with Gasteiger partial charge in [0.05, 0.1) is 86.3 Å². The van der Waals surface area contributed by atoms with Crippen molar-refractivity contribution in [3.05, 3.63) is 63.5 Å². The second-order valence-corrected chi connectivity index (χ2v) is 25.8. The zero-order valence-corrected chi connectivity index (χ0v) is 56.4. The predicted molar refractivity (Wildman–Crippen MR) is 344 cm³/mol. The van der Waals surface area contributed by atoms with Crippen molar-refractivity contribution in [3.63, 3.8) is 0 Å². The van der Waals surface area contributed by atoms with Gasteiger partial charge in [0.1, 0.15) is 89.6 Å². The van der Waals surface area contributed by atoms with Crippen LogP contribution in [-0.4, -0.2) is 267 Å². The number of carboxylic acids is 1. The lowest BCUT2D eigenvalue weighted by Crippen LogP contribution is -2.65. The first kappa shape index (κ1) is 79.8. The van der Waals surface area contributed by atoms with Crippen LogP contribution in [0.25, 0.3) is 0 Å². The summed E-state index contributed by atoms with van der Waals surface area (Å²) in [4.78, 5) is 77.4. The van der Waals surface area contributed by atoms with E-state index in [1.54, 1.807) is 10.9 Å².